The van der Waals surface area contributed by atoms with Crippen LogP contribution in [0.2, 0.25) is 0 Å². The summed E-state index contributed by atoms with van der Waals surface area (Å²) in [6.07, 6.45) is 5.74. The van der Waals surface area contributed by atoms with Crippen LogP contribution < -0.4 is 10.6 Å². The summed E-state index contributed by atoms with van der Waals surface area (Å²) < 4.78 is 0. The minimum atomic E-state index is -0.0316. The zero-order chi connectivity index (χ0) is 10.8. The molecule has 0 aromatic heterocycles. The van der Waals surface area contributed by atoms with E-state index in [2.05, 4.69) is 24.5 Å². The van der Waals surface area contributed by atoms with E-state index in [-0.39, 0.29) is 6.03 Å². The average molecular weight is 200 g/mol. The van der Waals surface area contributed by atoms with Crippen LogP contribution in [0.15, 0.2) is 0 Å². The van der Waals surface area contributed by atoms with Crippen LogP contribution in [-0.2, 0) is 0 Å². The molecule has 0 bridgehead atoms. The maximum atomic E-state index is 11.2. The van der Waals surface area contributed by atoms with Crippen molar-refractivity contribution in [3.63, 3.8) is 0 Å². The standard InChI is InChI=1S/C11H24N2O/c1-4-6-7-8-10(3)13-11(14)12-9-5-2/h10H,4-9H2,1-3H3,(H2,12,13,14). The van der Waals surface area contributed by atoms with Gasteiger partial charge in [-0.2, -0.15) is 0 Å². The molecule has 0 heterocycles. The number of urea groups is 1. The van der Waals surface area contributed by atoms with Crippen molar-refractivity contribution < 1.29 is 4.79 Å². The maximum Gasteiger partial charge on any atom is 0.314 e. The van der Waals surface area contributed by atoms with E-state index < -0.39 is 0 Å². The van der Waals surface area contributed by atoms with Crippen LogP contribution in [-0.4, -0.2) is 18.6 Å². The van der Waals surface area contributed by atoms with Gasteiger partial charge in [0.2, 0.25) is 0 Å². The first-order valence-corrected chi connectivity index (χ1v) is 5.75. The Balaban J connectivity index is 3.40. The molecule has 2 amide bonds. The Labute approximate surface area is 87.6 Å². The van der Waals surface area contributed by atoms with Crippen LogP contribution in [0.25, 0.3) is 0 Å². The molecule has 0 aliphatic carbocycles. The number of nitrogens with one attached hydrogen (secondary N) is 2. The zero-order valence-electron chi connectivity index (χ0n) is 9.73. The van der Waals surface area contributed by atoms with Crippen molar-refractivity contribution in [2.24, 2.45) is 0 Å². The average Bonchev–Trinajstić information content (AvgIpc) is 2.15. The third-order valence-corrected chi connectivity index (χ3v) is 2.15. The number of carbonyl (C=O) groups excluding carboxylic acids is 1. The highest BCUT2D eigenvalue weighted by Gasteiger charge is 2.04. The second kappa shape index (κ2) is 8.85. The lowest BCUT2D eigenvalue weighted by atomic mass is 10.1. The first-order chi connectivity index (χ1) is 6.70. The van der Waals surface area contributed by atoms with E-state index >= 15 is 0 Å². The van der Waals surface area contributed by atoms with E-state index in [1.54, 1.807) is 0 Å². The van der Waals surface area contributed by atoms with Crippen molar-refractivity contribution in [2.45, 2.75) is 58.9 Å². The minimum Gasteiger partial charge on any atom is -0.338 e. The molecule has 0 aromatic rings. The highest BCUT2D eigenvalue weighted by atomic mass is 16.2. The topological polar surface area (TPSA) is 41.1 Å². The first kappa shape index (κ1) is 13.3. The molecule has 0 radical (unpaired) electrons. The van der Waals surface area contributed by atoms with Crippen molar-refractivity contribution >= 4 is 6.03 Å². The Morgan fingerprint density at radius 1 is 1.21 bits per heavy atom. The third-order valence-electron chi connectivity index (χ3n) is 2.15. The molecule has 3 heteroatoms. The molecule has 14 heavy (non-hydrogen) atoms. The van der Waals surface area contributed by atoms with Gasteiger partial charge in [0, 0.05) is 12.6 Å². The summed E-state index contributed by atoms with van der Waals surface area (Å²) >= 11 is 0. The molecule has 0 aliphatic rings. The summed E-state index contributed by atoms with van der Waals surface area (Å²) in [6.45, 7) is 7.05. The van der Waals surface area contributed by atoms with Crippen LogP contribution in [0, 0.1) is 0 Å². The predicted molar refractivity (Wildman–Crippen MR) is 60.4 cm³/mol. The molecule has 0 spiro atoms. The summed E-state index contributed by atoms with van der Waals surface area (Å²) in [4.78, 5) is 11.2. The number of unbranched alkanes of at least 4 members (excludes halogenated alkanes) is 2. The molecule has 0 saturated heterocycles. The van der Waals surface area contributed by atoms with Gasteiger partial charge in [-0.05, 0) is 19.8 Å². The zero-order valence-corrected chi connectivity index (χ0v) is 9.73. The fourth-order valence-corrected chi connectivity index (χ4v) is 1.29. The molecule has 0 fully saturated rings. The lowest BCUT2D eigenvalue weighted by Gasteiger charge is -2.13. The fourth-order valence-electron chi connectivity index (χ4n) is 1.29. The van der Waals surface area contributed by atoms with Crippen molar-refractivity contribution in [1.82, 2.24) is 10.6 Å². The van der Waals surface area contributed by atoms with Crippen LogP contribution in [0.5, 0.6) is 0 Å². The number of hydrogen-bond donors (Lipinski definition) is 2. The maximum absolute atomic E-state index is 11.2. The monoisotopic (exact) mass is 200 g/mol. The summed E-state index contributed by atoms with van der Waals surface area (Å²) in [5.41, 5.74) is 0. The van der Waals surface area contributed by atoms with Crippen LogP contribution in [0.1, 0.15) is 52.9 Å². The van der Waals surface area contributed by atoms with E-state index in [9.17, 15) is 4.79 Å². The lowest BCUT2D eigenvalue weighted by molar-refractivity contribution is 0.237. The van der Waals surface area contributed by atoms with E-state index in [0.29, 0.717) is 6.04 Å². The van der Waals surface area contributed by atoms with Gasteiger partial charge in [-0.15, -0.1) is 0 Å². The second-order valence-corrected chi connectivity index (χ2v) is 3.80. The van der Waals surface area contributed by atoms with Crippen LogP contribution >= 0.6 is 0 Å². The van der Waals surface area contributed by atoms with E-state index in [0.717, 1.165) is 19.4 Å². The quantitative estimate of drug-likeness (QED) is 0.609. The summed E-state index contributed by atoms with van der Waals surface area (Å²) in [7, 11) is 0. The molecule has 3 nitrogen and oxygen atoms in total. The Bertz CT molecular complexity index is 148. The normalized spacial score (nSPS) is 12.2. The number of carbonyl (C=O) groups is 1. The Morgan fingerprint density at radius 3 is 2.50 bits per heavy atom. The molecule has 0 aliphatic heterocycles. The number of hydrogen-bond acceptors (Lipinski definition) is 1. The van der Waals surface area contributed by atoms with Crippen LogP contribution in [0.3, 0.4) is 0 Å². The van der Waals surface area contributed by atoms with Gasteiger partial charge in [-0.25, -0.2) is 4.79 Å². The van der Waals surface area contributed by atoms with Gasteiger partial charge in [0.15, 0.2) is 0 Å². The molecule has 0 saturated carbocycles. The van der Waals surface area contributed by atoms with Gasteiger partial charge in [0.05, 0.1) is 0 Å². The minimum absolute atomic E-state index is 0.0316. The summed E-state index contributed by atoms with van der Waals surface area (Å²) in [6, 6.07) is 0.259. The van der Waals surface area contributed by atoms with E-state index in [1.165, 1.54) is 19.3 Å². The van der Waals surface area contributed by atoms with Gasteiger partial charge in [0.1, 0.15) is 0 Å². The second-order valence-electron chi connectivity index (χ2n) is 3.80. The molecular formula is C11H24N2O. The summed E-state index contributed by atoms with van der Waals surface area (Å²) in [5, 5.41) is 5.73. The molecule has 1 atom stereocenters. The smallest absolute Gasteiger partial charge is 0.314 e. The Hall–Kier alpha value is -0.730. The summed E-state index contributed by atoms with van der Waals surface area (Å²) in [5.74, 6) is 0. The molecule has 0 rings (SSSR count). The highest BCUT2D eigenvalue weighted by molar-refractivity contribution is 5.74. The lowest BCUT2D eigenvalue weighted by Crippen LogP contribution is -2.40. The molecule has 84 valence electrons. The van der Waals surface area contributed by atoms with Gasteiger partial charge >= 0.3 is 6.03 Å². The van der Waals surface area contributed by atoms with E-state index in [1.807, 2.05) is 6.92 Å². The van der Waals surface area contributed by atoms with Gasteiger partial charge in [0.25, 0.3) is 0 Å². The van der Waals surface area contributed by atoms with Crippen molar-refractivity contribution in [3.8, 4) is 0 Å². The van der Waals surface area contributed by atoms with Gasteiger partial charge < -0.3 is 10.6 Å². The predicted octanol–water partition coefficient (Wildman–Crippen LogP) is 2.66. The molecule has 0 aromatic carbocycles. The molecule has 2 N–H and O–H groups in total. The number of amides is 2. The molecular weight excluding hydrogens is 176 g/mol. The third kappa shape index (κ3) is 7.90. The van der Waals surface area contributed by atoms with Crippen molar-refractivity contribution in [1.29, 1.82) is 0 Å². The molecule has 1 unspecified atom stereocenters. The first-order valence-electron chi connectivity index (χ1n) is 5.75. The Morgan fingerprint density at radius 2 is 1.93 bits per heavy atom. The van der Waals surface area contributed by atoms with Gasteiger partial charge in [-0.3, -0.25) is 0 Å². The van der Waals surface area contributed by atoms with Crippen molar-refractivity contribution in [2.75, 3.05) is 6.54 Å². The van der Waals surface area contributed by atoms with Crippen LogP contribution in [0.4, 0.5) is 4.79 Å². The number of rotatable bonds is 7. The van der Waals surface area contributed by atoms with E-state index in [4.69, 9.17) is 0 Å². The highest BCUT2D eigenvalue weighted by Crippen LogP contribution is 2.02. The Kier molecular flexibility index (Phi) is 8.39. The SMILES string of the molecule is CCCCCC(C)NC(=O)NCCC. The van der Waals surface area contributed by atoms with Crippen molar-refractivity contribution in [3.05, 3.63) is 0 Å². The largest absolute Gasteiger partial charge is 0.338 e. The van der Waals surface area contributed by atoms with Gasteiger partial charge in [-0.1, -0.05) is 33.1 Å². The fraction of sp³-hybridized carbons (Fsp3) is 0.909.